The molecule has 0 unspecified atom stereocenters. The molecule has 0 aromatic carbocycles. The molecule has 0 saturated heterocycles. The zero-order valence-electron chi connectivity index (χ0n) is 19.0. The Morgan fingerprint density at radius 3 is 2.61 bits per heavy atom. The number of hydrogen-bond acceptors (Lipinski definition) is 1. The van der Waals surface area contributed by atoms with Gasteiger partial charge in [0.25, 0.3) is 0 Å². The lowest BCUT2D eigenvalue weighted by atomic mass is 9.47. The second-order valence-corrected chi connectivity index (χ2v) is 11.6. The first kappa shape index (κ1) is 20.4. The van der Waals surface area contributed by atoms with Gasteiger partial charge in [0.2, 0.25) is 0 Å². The van der Waals surface area contributed by atoms with Gasteiger partial charge < -0.3 is 0 Å². The topological polar surface area (TPSA) is 17.1 Å². The molecule has 2 saturated carbocycles. The second-order valence-electron chi connectivity index (χ2n) is 11.6. The lowest BCUT2D eigenvalue weighted by Gasteiger charge is -2.57. The van der Waals surface area contributed by atoms with E-state index in [1.54, 1.807) is 0 Å². The Morgan fingerprint density at radius 1 is 1.07 bits per heavy atom. The van der Waals surface area contributed by atoms with Crippen LogP contribution in [0.5, 0.6) is 0 Å². The van der Waals surface area contributed by atoms with Gasteiger partial charge in [-0.25, -0.2) is 0 Å². The minimum Gasteiger partial charge on any atom is -0.290 e. The summed E-state index contributed by atoms with van der Waals surface area (Å²) in [5, 5.41) is 0. The van der Waals surface area contributed by atoms with Crippen LogP contribution in [0, 0.1) is 46.3 Å². The largest absolute Gasteiger partial charge is 0.290 e. The summed E-state index contributed by atoms with van der Waals surface area (Å²) in [6.45, 7) is 12.3. The van der Waals surface area contributed by atoms with Crippen molar-refractivity contribution in [1.29, 1.82) is 0 Å². The molecule has 1 nitrogen and oxygen atoms in total. The van der Waals surface area contributed by atoms with Crippen LogP contribution in [0.25, 0.3) is 0 Å². The third-order valence-electron chi connectivity index (χ3n) is 9.74. The van der Waals surface area contributed by atoms with Crippen molar-refractivity contribution in [3.63, 3.8) is 0 Å². The van der Waals surface area contributed by atoms with E-state index < -0.39 is 0 Å². The molecule has 0 radical (unpaired) electrons. The first-order chi connectivity index (χ1) is 13.3. The van der Waals surface area contributed by atoms with Crippen molar-refractivity contribution < 1.29 is 4.79 Å². The summed E-state index contributed by atoms with van der Waals surface area (Å²) in [5.41, 5.74) is 1.79. The molecule has 4 rings (SSSR count). The second kappa shape index (κ2) is 7.44. The molecule has 0 aliphatic heterocycles. The predicted octanol–water partition coefficient (Wildman–Crippen LogP) is 7.37. The number of rotatable bonds is 5. The van der Waals surface area contributed by atoms with E-state index in [9.17, 15) is 4.79 Å². The van der Waals surface area contributed by atoms with Crippen molar-refractivity contribution in [2.24, 2.45) is 46.3 Å². The highest BCUT2D eigenvalue weighted by Crippen LogP contribution is 2.66. The van der Waals surface area contributed by atoms with Gasteiger partial charge in [0.1, 0.15) is 0 Å². The summed E-state index contributed by atoms with van der Waals surface area (Å²) in [5.74, 6) is 5.31. The average Bonchev–Trinajstić information content (AvgIpc) is 2.98. The Kier molecular flexibility index (Phi) is 5.43. The highest BCUT2D eigenvalue weighted by atomic mass is 16.1. The highest BCUT2D eigenvalue weighted by molar-refractivity contribution is 6.06. The Balaban J connectivity index is 1.52. The number of fused-ring (bicyclic) bond motifs is 5. The molecule has 0 bridgehead atoms. The van der Waals surface area contributed by atoms with Crippen LogP contribution < -0.4 is 0 Å². The molecule has 4 aliphatic carbocycles. The minimum atomic E-state index is 0.108. The van der Waals surface area contributed by atoms with E-state index in [-0.39, 0.29) is 5.41 Å². The van der Waals surface area contributed by atoms with Gasteiger partial charge in [-0.05, 0) is 85.5 Å². The fourth-order valence-corrected chi connectivity index (χ4v) is 8.26. The summed E-state index contributed by atoms with van der Waals surface area (Å²) >= 11 is 0. The maximum Gasteiger partial charge on any atom is 0.181 e. The molecule has 2 fully saturated rings. The molecule has 4 aliphatic rings. The van der Waals surface area contributed by atoms with Gasteiger partial charge in [0, 0.05) is 11.0 Å². The number of hydrogen-bond donors (Lipinski definition) is 0. The van der Waals surface area contributed by atoms with E-state index in [1.807, 2.05) is 6.08 Å². The SMILES string of the molecule is CC(C)CCC[C@@H](C)[C@H]1CC[C@H]2[C@@H]3CC=C4C(=O)C=CC[C@]4(C)[C@H]3CC[C@]12C. The maximum atomic E-state index is 12.5. The quantitative estimate of drug-likeness (QED) is 0.485. The summed E-state index contributed by atoms with van der Waals surface area (Å²) in [4.78, 5) is 12.5. The Hall–Kier alpha value is -0.850. The van der Waals surface area contributed by atoms with Crippen molar-refractivity contribution >= 4 is 5.78 Å². The van der Waals surface area contributed by atoms with E-state index >= 15 is 0 Å². The monoisotopic (exact) mass is 382 g/mol. The lowest BCUT2D eigenvalue weighted by molar-refractivity contribution is -0.115. The minimum absolute atomic E-state index is 0.108. The molecular weight excluding hydrogens is 340 g/mol. The van der Waals surface area contributed by atoms with E-state index in [2.05, 4.69) is 46.8 Å². The standard InChI is InChI=1S/C27H42O/c1-18(2)8-6-9-19(3)21-13-14-22-20-11-12-24-25(28)10-7-16-26(24,4)23(20)15-17-27(21,22)5/h7,10,12,18-23H,6,8-9,11,13-17H2,1-5H3/t19-,20+,21-,22+,23+,26-,27-/m1/s1. The summed E-state index contributed by atoms with van der Waals surface area (Å²) < 4.78 is 0. The molecule has 156 valence electrons. The van der Waals surface area contributed by atoms with Crippen molar-refractivity contribution in [2.75, 3.05) is 0 Å². The summed E-state index contributed by atoms with van der Waals surface area (Å²) in [6, 6.07) is 0. The molecule has 1 heteroatoms. The molecule has 0 N–H and O–H groups in total. The van der Waals surface area contributed by atoms with Crippen LogP contribution >= 0.6 is 0 Å². The molecule has 28 heavy (non-hydrogen) atoms. The Labute approximate surface area is 173 Å². The van der Waals surface area contributed by atoms with Crippen LogP contribution in [0.1, 0.15) is 92.4 Å². The van der Waals surface area contributed by atoms with Crippen LogP contribution in [-0.2, 0) is 4.79 Å². The zero-order valence-corrected chi connectivity index (χ0v) is 19.0. The Bertz CT molecular complexity index is 670. The van der Waals surface area contributed by atoms with Crippen LogP contribution in [0.15, 0.2) is 23.8 Å². The third-order valence-corrected chi connectivity index (χ3v) is 9.74. The number of carbonyl (C=O) groups is 1. The van der Waals surface area contributed by atoms with Gasteiger partial charge in [0.05, 0.1) is 0 Å². The molecule has 0 aromatic heterocycles. The number of ketones is 1. The number of carbonyl (C=O) groups excluding carboxylic acids is 1. The maximum absolute atomic E-state index is 12.5. The summed E-state index contributed by atoms with van der Waals surface area (Å²) in [7, 11) is 0. The summed E-state index contributed by atoms with van der Waals surface area (Å²) in [6.07, 6.45) is 18.4. The molecule has 0 aromatic rings. The van der Waals surface area contributed by atoms with Crippen molar-refractivity contribution in [3.05, 3.63) is 23.8 Å². The smallest absolute Gasteiger partial charge is 0.181 e. The lowest BCUT2D eigenvalue weighted by Crippen LogP contribution is -2.50. The van der Waals surface area contributed by atoms with Crippen molar-refractivity contribution in [1.82, 2.24) is 0 Å². The average molecular weight is 383 g/mol. The molecular formula is C27H42O. The van der Waals surface area contributed by atoms with Crippen LogP contribution in [0.2, 0.25) is 0 Å². The highest BCUT2D eigenvalue weighted by Gasteiger charge is 2.59. The molecule has 7 atom stereocenters. The Morgan fingerprint density at radius 2 is 1.86 bits per heavy atom. The van der Waals surface area contributed by atoms with E-state index in [0.29, 0.717) is 11.2 Å². The van der Waals surface area contributed by atoms with Gasteiger partial charge in [-0.15, -0.1) is 0 Å². The van der Waals surface area contributed by atoms with Gasteiger partial charge in [-0.3, -0.25) is 4.79 Å². The first-order valence-electron chi connectivity index (χ1n) is 12.2. The fourth-order valence-electron chi connectivity index (χ4n) is 8.26. The molecule has 0 heterocycles. The van der Waals surface area contributed by atoms with Crippen LogP contribution in [0.3, 0.4) is 0 Å². The van der Waals surface area contributed by atoms with E-state index in [1.165, 1.54) is 44.9 Å². The van der Waals surface area contributed by atoms with Gasteiger partial charge in [-0.2, -0.15) is 0 Å². The van der Waals surface area contributed by atoms with Crippen molar-refractivity contribution in [3.8, 4) is 0 Å². The van der Waals surface area contributed by atoms with Gasteiger partial charge in [0.15, 0.2) is 5.78 Å². The third kappa shape index (κ3) is 3.16. The zero-order chi connectivity index (χ0) is 20.1. The molecule has 0 spiro atoms. The molecule has 0 amide bonds. The first-order valence-corrected chi connectivity index (χ1v) is 12.2. The van der Waals surface area contributed by atoms with E-state index in [4.69, 9.17) is 0 Å². The van der Waals surface area contributed by atoms with Crippen molar-refractivity contribution in [2.45, 2.75) is 92.4 Å². The van der Waals surface area contributed by atoms with Gasteiger partial charge >= 0.3 is 0 Å². The van der Waals surface area contributed by atoms with Crippen LogP contribution in [-0.4, -0.2) is 5.78 Å². The van der Waals surface area contributed by atoms with Gasteiger partial charge in [-0.1, -0.05) is 66.0 Å². The predicted molar refractivity (Wildman–Crippen MR) is 118 cm³/mol. The van der Waals surface area contributed by atoms with E-state index in [0.717, 1.165) is 53.9 Å². The van der Waals surface area contributed by atoms with Crippen LogP contribution in [0.4, 0.5) is 0 Å². The normalized spacial score (nSPS) is 43.4. The fraction of sp³-hybridized carbons (Fsp3) is 0.815. The number of allylic oxidation sites excluding steroid dienone is 4.